The van der Waals surface area contributed by atoms with Crippen LogP contribution in [0.4, 0.5) is 0 Å². The highest BCUT2D eigenvalue weighted by atomic mass is 28.6. The summed E-state index contributed by atoms with van der Waals surface area (Å²) in [5.41, 5.74) is 0. The van der Waals surface area contributed by atoms with Gasteiger partial charge in [-0.05, 0) is 153 Å². The zero-order chi connectivity index (χ0) is 79.7. The number of hydrogen-bond donors (Lipinski definition) is 16. The third-order valence-electron chi connectivity index (χ3n) is 16.5. The lowest BCUT2D eigenvalue weighted by molar-refractivity contribution is -0.483. The smallest absolute Gasteiger partial charge is 0.478 e. The average Bonchev–Trinajstić information content (AvgIpc) is 0.687. The Kier molecular flexibility index (Phi) is 41.0. The maximum Gasteiger partial charge on any atom is 0.478 e. The molecule has 6 aliphatic heterocycles. The molecular weight excluding hydrogens is 1590 g/mol. The molecule has 624 valence electrons. The number of carbonyl (C=O) groups excluding carboxylic acids is 8. The molecule has 0 aromatic heterocycles. The van der Waals surface area contributed by atoms with Crippen molar-refractivity contribution in [2.24, 2.45) is 0 Å². The zero-order valence-corrected chi connectivity index (χ0v) is 67.9. The van der Waals surface area contributed by atoms with E-state index in [2.05, 4.69) is 42.5 Å². The summed E-state index contributed by atoms with van der Waals surface area (Å²) in [4.78, 5) is 106. The van der Waals surface area contributed by atoms with Crippen LogP contribution in [0.25, 0.3) is 0 Å². The lowest BCUT2D eigenvalue weighted by Crippen LogP contribution is -2.88. The molecule has 108 heavy (non-hydrogen) atoms. The summed E-state index contributed by atoms with van der Waals surface area (Å²) in [5.74, 6) is -5.45. The summed E-state index contributed by atoms with van der Waals surface area (Å²) in [7, 11) is -41.7. The Morgan fingerprint density at radius 3 is 0.380 bits per heavy atom. The van der Waals surface area contributed by atoms with Crippen molar-refractivity contribution < 1.29 is 169 Å². The van der Waals surface area contributed by atoms with E-state index in [1.807, 2.05) is 0 Å². The second-order valence-corrected chi connectivity index (χ2v) is 51.0. The van der Waals surface area contributed by atoms with Gasteiger partial charge >= 0.3 is 70.4 Å². The first-order valence-electron chi connectivity index (χ1n) is 36.2. The van der Waals surface area contributed by atoms with Gasteiger partial charge in [0.1, 0.15) is 0 Å². The molecule has 6 heterocycles. The van der Waals surface area contributed by atoms with E-state index < -0.39 is 319 Å². The number of aliphatic hydroxyl groups excluding tert-OH is 8. The van der Waals surface area contributed by atoms with Crippen molar-refractivity contribution in [1.29, 1.82) is 0 Å². The largest absolute Gasteiger partial charge is 0.831 e. The van der Waals surface area contributed by atoms with E-state index in [1.54, 1.807) is 0 Å². The van der Waals surface area contributed by atoms with Gasteiger partial charge in [-0.3, -0.25) is 38.4 Å². The van der Waals surface area contributed by atoms with E-state index in [-0.39, 0.29) is 104 Å². The quantitative estimate of drug-likeness (QED) is 0.0153. The van der Waals surface area contributed by atoms with Crippen molar-refractivity contribution in [3.8, 4) is 0 Å². The number of carbonyl (C=O) groups is 8. The molecule has 8 atom stereocenters. The molecule has 6 saturated heterocycles. The van der Waals surface area contributed by atoms with E-state index in [0.29, 0.717) is 0 Å². The first-order valence-corrected chi connectivity index (χ1v) is 51.7. The van der Waals surface area contributed by atoms with Gasteiger partial charge < -0.3 is 174 Å². The molecule has 0 spiro atoms. The fourth-order valence-electron chi connectivity index (χ4n) is 11.6. The molecule has 6 fully saturated rings. The minimum atomic E-state index is -5.21. The van der Waals surface area contributed by atoms with Crippen LogP contribution in [0.5, 0.6) is 0 Å². The molecule has 0 radical (unpaired) electrons. The number of aliphatic hydroxyl groups is 8. The molecule has 44 nitrogen and oxygen atoms in total. The predicted molar refractivity (Wildman–Crippen MR) is 360 cm³/mol. The summed E-state index contributed by atoms with van der Waals surface area (Å²) < 4.78 is 92.3. The molecule has 8 unspecified atom stereocenters. The van der Waals surface area contributed by atoms with Crippen molar-refractivity contribution in [2.45, 2.75) is 253 Å². The van der Waals surface area contributed by atoms with Crippen molar-refractivity contribution in [3.05, 3.63) is 0 Å². The Labute approximate surface area is 632 Å². The summed E-state index contributed by atoms with van der Waals surface area (Å²) in [6, 6.07) is -3.37. The van der Waals surface area contributed by atoms with Crippen LogP contribution in [0.1, 0.15) is 154 Å². The maximum absolute atomic E-state index is 13.3. The van der Waals surface area contributed by atoms with E-state index >= 15 is 0 Å². The first kappa shape index (κ1) is 95.0. The van der Waals surface area contributed by atoms with Gasteiger partial charge in [0.25, 0.3) is 0 Å². The number of rotatable bonds is 56. The molecule has 0 aromatic carbocycles. The zero-order valence-electron chi connectivity index (χ0n) is 59.9. The Morgan fingerprint density at radius 1 is 0.204 bits per heavy atom. The minimum absolute atomic E-state index is 0.182. The summed E-state index contributed by atoms with van der Waals surface area (Å²) in [6.07, 6.45) is -25.5. The fourth-order valence-corrected chi connectivity index (χ4v) is 62.0. The van der Waals surface area contributed by atoms with Crippen LogP contribution in [0, 0.1) is 0 Å². The lowest BCUT2D eigenvalue weighted by Gasteiger charge is -2.63. The van der Waals surface area contributed by atoms with Gasteiger partial charge in [0.05, 0.1) is 0 Å². The molecule has 8 amide bonds. The van der Waals surface area contributed by atoms with E-state index in [1.165, 1.54) is 0 Å². The molecule has 6 rings (SSSR count). The monoisotopic (exact) mass is 1690 g/mol. The number of nitrogens with one attached hydrogen (secondary N) is 8. The van der Waals surface area contributed by atoms with Crippen LogP contribution in [0.15, 0.2) is 0 Å². The third-order valence-corrected chi connectivity index (χ3v) is 54.1. The van der Waals surface area contributed by atoms with Crippen molar-refractivity contribution in [1.82, 2.24) is 42.5 Å². The standard InChI is InChI=1S/C56H104N8O36Si8/c65-41(9-17-49(73)74)57-25-1-33-101-89-102(34-2-26-58-42(66)10-18-50(75)76)92-105(37-5-29-61-45(69)13-21-53(81)82)94-103(90-101,35-3-27-59-43(67)11-19-51(77)78)96-107(39-7-31-63-47(71)15-23-55(85)86)97-104(91-101,36-4-28-60-44(68)12-20-52(79)80)95-106(93-102,38-6-30-62-46(70)14-22-54(83)84)99-108(98-105,100-107)40-8-32-64-48(72)16-24-56(87)88/h49-56,73,75,77,79,81,83,85,87H,1-40H2,(H,57,65)(H,58,66)(H,59,67)(H,60,68)(H,61,69)(H,62,70)(H,63,71)(H,64,72)/q-8. The predicted octanol–water partition coefficient (Wildman–Crippen LogP) is -12.5. The van der Waals surface area contributed by atoms with Crippen LogP contribution < -0.4 is 83.4 Å². The minimum Gasteiger partial charge on any atom is -0.831 e. The van der Waals surface area contributed by atoms with E-state index in [4.69, 9.17) is 49.4 Å². The summed E-state index contributed by atoms with van der Waals surface area (Å²) in [6.45, 7) is -2.01. The molecule has 8 bridgehead atoms. The van der Waals surface area contributed by atoms with Crippen LogP contribution >= 0.6 is 0 Å². The second kappa shape index (κ2) is 46.7. The van der Waals surface area contributed by atoms with Crippen molar-refractivity contribution in [2.75, 3.05) is 52.4 Å². The highest BCUT2D eigenvalue weighted by Gasteiger charge is 2.83. The van der Waals surface area contributed by atoms with Crippen LogP contribution in [-0.2, 0) is 87.7 Å². The van der Waals surface area contributed by atoms with Gasteiger partial charge in [0.2, 0.25) is 47.3 Å². The summed E-state index contributed by atoms with van der Waals surface area (Å²) >= 11 is 0. The Morgan fingerprint density at radius 2 is 0.296 bits per heavy atom. The average molecular weight is 1690 g/mol. The maximum atomic E-state index is 13.3. The number of hydrogen-bond acceptors (Lipinski definition) is 36. The van der Waals surface area contributed by atoms with Gasteiger partial charge in [0.15, 0.2) is 0 Å². The van der Waals surface area contributed by atoms with Gasteiger partial charge in [-0.25, -0.2) is 0 Å². The second-order valence-electron chi connectivity index (χ2n) is 26.3. The molecule has 6 aliphatic rings. The highest BCUT2D eigenvalue weighted by Crippen LogP contribution is 2.55. The van der Waals surface area contributed by atoms with Crippen LogP contribution in [0.2, 0.25) is 48.4 Å². The van der Waals surface area contributed by atoms with Gasteiger partial charge in [-0.15, -0.1) is 0 Å². The van der Waals surface area contributed by atoms with Crippen LogP contribution in [-0.4, -0.2) is 261 Å². The third kappa shape index (κ3) is 35.4. The van der Waals surface area contributed by atoms with Crippen molar-refractivity contribution >= 4 is 118 Å². The summed E-state index contributed by atoms with van der Waals surface area (Å²) in [5, 5.41) is 191. The normalized spacial score (nSPS) is 27.9. The molecular formula is C56H104N8O36Si8-8. The van der Waals surface area contributed by atoms with E-state index in [9.17, 15) is 120 Å². The molecule has 0 aliphatic carbocycles. The molecule has 0 aromatic rings. The molecule has 16 N–H and O–H groups in total. The highest BCUT2D eigenvalue weighted by molar-refractivity contribution is 7.03. The van der Waals surface area contributed by atoms with Gasteiger partial charge in [-0.2, -0.15) is 0 Å². The van der Waals surface area contributed by atoms with Gasteiger partial charge in [0, 0.05) is 152 Å². The molecule has 0 saturated carbocycles. The first-order chi connectivity index (χ1) is 51.0. The Balaban J connectivity index is 1.93. The van der Waals surface area contributed by atoms with Crippen LogP contribution in [0.3, 0.4) is 0 Å². The Bertz CT molecular complexity index is 2200. The van der Waals surface area contributed by atoms with Gasteiger partial charge in [-0.1, -0.05) is 0 Å². The van der Waals surface area contributed by atoms with E-state index in [0.717, 1.165) is 0 Å². The fraction of sp³-hybridized carbons (Fsp3) is 0.857. The Hall–Kier alpha value is -3.62. The van der Waals surface area contributed by atoms with Crippen molar-refractivity contribution in [3.63, 3.8) is 0 Å². The molecule has 52 heteroatoms. The SMILES string of the molecule is O=C(CCC([O-])O)NCCC[Si]12O[Si]3(CCCNC(=O)CCC([O-])O)O[Si]4(CCCNC(=O)CCC([O-])O)O[Si](CCCNC(=O)CCC([O-])O)(O1)O[Si]1(CCCNC(=O)CCC([O-])O)O[Si](CCCNC(=O)CCC([O-])O)(O2)O[Si](CCCNC(=O)CCC([O-])O)(O3)O[Si](CCCNC(=O)CCC([O-])O)(O4)O1. The topological polar surface area (TPSA) is 690 Å². The lowest BCUT2D eigenvalue weighted by atomic mass is 10.3. The number of amides is 8.